The number of hydrogen-bond acceptors (Lipinski definition) is 6. The maximum atomic E-state index is 12.1. The number of carbonyl (C=O) groups excluding carboxylic acids is 3. The summed E-state index contributed by atoms with van der Waals surface area (Å²) in [5, 5.41) is 3.60. The zero-order valence-electron chi connectivity index (χ0n) is 14.0. The van der Waals surface area contributed by atoms with Gasteiger partial charge in [0.05, 0.1) is 0 Å². The second kappa shape index (κ2) is 6.51. The minimum absolute atomic E-state index is 0.195. The van der Waals surface area contributed by atoms with Crippen LogP contribution in [0, 0.1) is 0 Å². The SMILES string of the molecule is CC(C)(C)OC(=O)CN1NCC(NC(=O)OC(C)(C)C)C1=O. The molecule has 8 nitrogen and oxygen atoms in total. The van der Waals surface area contributed by atoms with Crippen LogP contribution in [0.2, 0.25) is 0 Å². The molecule has 8 heteroatoms. The van der Waals surface area contributed by atoms with Crippen molar-refractivity contribution in [2.45, 2.75) is 58.8 Å². The van der Waals surface area contributed by atoms with Crippen molar-refractivity contribution in [2.24, 2.45) is 0 Å². The van der Waals surface area contributed by atoms with Crippen LogP contribution in [0.3, 0.4) is 0 Å². The van der Waals surface area contributed by atoms with Gasteiger partial charge in [0.2, 0.25) is 0 Å². The van der Waals surface area contributed by atoms with Crippen molar-refractivity contribution in [3.8, 4) is 0 Å². The lowest BCUT2D eigenvalue weighted by atomic mass is 10.2. The molecule has 0 radical (unpaired) electrons. The van der Waals surface area contributed by atoms with Crippen LogP contribution in [0.1, 0.15) is 41.5 Å². The van der Waals surface area contributed by atoms with Crippen molar-refractivity contribution in [1.29, 1.82) is 0 Å². The van der Waals surface area contributed by atoms with Gasteiger partial charge in [-0.3, -0.25) is 14.6 Å². The number of esters is 1. The Hall–Kier alpha value is -1.83. The van der Waals surface area contributed by atoms with Crippen LogP contribution in [0.15, 0.2) is 0 Å². The number of carbonyl (C=O) groups is 3. The van der Waals surface area contributed by atoms with Gasteiger partial charge in [-0.05, 0) is 41.5 Å². The zero-order valence-corrected chi connectivity index (χ0v) is 14.0. The third-order valence-electron chi connectivity index (χ3n) is 2.45. The van der Waals surface area contributed by atoms with E-state index in [9.17, 15) is 14.4 Å². The van der Waals surface area contributed by atoms with Crippen LogP contribution in [0.25, 0.3) is 0 Å². The molecule has 0 aromatic carbocycles. The Labute approximate surface area is 130 Å². The molecule has 1 unspecified atom stereocenters. The number of nitrogens with zero attached hydrogens (tertiary/aromatic N) is 1. The lowest BCUT2D eigenvalue weighted by Gasteiger charge is -2.22. The summed E-state index contributed by atoms with van der Waals surface area (Å²) in [6.45, 7) is 10.4. The van der Waals surface area contributed by atoms with Crippen LogP contribution < -0.4 is 10.7 Å². The Bertz CT molecular complexity index is 410. The maximum absolute atomic E-state index is 12.1. The van der Waals surface area contributed by atoms with Gasteiger partial charge in [-0.2, -0.15) is 0 Å². The minimum atomic E-state index is -0.766. The molecule has 1 saturated heterocycles. The van der Waals surface area contributed by atoms with E-state index in [-0.39, 0.29) is 13.1 Å². The van der Waals surface area contributed by atoms with Crippen LogP contribution in [-0.2, 0) is 19.1 Å². The highest BCUT2D eigenvalue weighted by Gasteiger charge is 2.35. The van der Waals surface area contributed by atoms with Crippen molar-refractivity contribution in [3.63, 3.8) is 0 Å². The molecular formula is C14H25N3O5. The molecule has 2 N–H and O–H groups in total. The summed E-state index contributed by atoms with van der Waals surface area (Å²) in [5.41, 5.74) is 1.49. The first-order chi connectivity index (χ1) is 9.87. The number of hydrazine groups is 1. The van der Waals surface area contributed by atoms with Gasteiger partial charge in [0.15, 0.2) is 0 Å². The highest BCUT2D eigenvalue weighted by atomic mass is 16.6. The molecule has 0 aromatic heterocycles. The van der Waals surface area contributed by atoms with Crippen LogP contribution in [0.4, 0.5) is 4.79 Å². The molecular weight excluding hydrogens is 290 g/mol. The van der Waals surface area contributed by atoms with Crippen molar-refractivity contribution in [3.05, 3.63) is 0 Å². The molecule has 1 atom stereocenters. The monoisotopic (exact) mass is 315 g/mol. The molecule has 22 heavy (non-hydrogen) atoms. The second-order valence-corrected chi connectivity index (χ2v) is 7.07. The van der Waals surface area contributed by atoms with Crippen LogP contribution >= 0.6 is 0 Å². The van der Waals surface area contributed by atoms with Gasteiger partial charge >= 0.3 is 12.1 Å². The van der Waals surface area contributed by atoms with Gasteiger partial charge in [0, 0.05) is 6.54 Å². The average molecular weight is 315 g/mol. The minimum Gasteiger partial charge on any atom is -0.459 e. The fraction of sp³-hybridized carbons (Fsp3) is 0.786. The molecule has 0 spiro atoms. The molecule has 0 aromatic rings. The van der Waals surface area contributed by atoms with Gasteiger partial charge in [-0.15, -0.1) is 0 Å². The molecule has 1 aliphatic rings. The summed E-state index contributed by atoms with van der Waals surface area (Å²) < 4.78 is 10.2. The Morgan fingerprint density at radius 1 is 1.18 bits per heavy atom. The summed E-state index contributed by atoms with van der Waals surface area (Å²) in [5.74, 6) is -0.928. The number of amides is 2. The lowest BCUT2D eigenvalue weighted by Crippen LogP contribution is -2.46. The van der Waals surface area contributed by atoms with E-state index in [1.807, 2.05) is 0 Å². The van der Waals surface area contributed by atoms with Crippen molar-refractivity contribution >= 4 is 18.0 Å². The van der Waals surface area contributed by atoms with Gasteiger partial charge < -0.3 is 14.8 Å². The molecule has 0 saturated carbocycles. The average Bonchev–Trinajstić information content (AvgIpc) is 2.56. The van der Waals surface area contributed by atoms with E-state index in [1.165, 1.54) is 0 Å². The standard InChI is InChI=1S/C14H25N3O5/c1-13(2,3)21-10(18)8-17-11(19)9(7-15-17)16-12(20)22-14(4,5)6/h9,15H,7-8H2,1-6H3,(H,16,20). The van der Waals surface area contributed by atoms with Crippen LogP contribution in [0.5, 0.6) is 0 Å². The summed E-state index contributed by atoms with van der Waals surface area (Å²) in [4.78, 5) is 35.5. The molecule has 1 heterocycles. The highest BCUT2D eigenvalue weighted by Crippen LogP contribution is 2.10. The van der Waals surface area contributed by atoms with Crippen molar-refractivity contribution < 1.29 is 23.9 Å². The summed E-state index contributed by atoms with van der Waals surface area (Å²) in [6, 6.07) is -0.766. The van der Waals surface area contributed by atoms with Crippen molar-refractivity contribution in [1.82, 2.24) is 15.8 Å². The van der Waals surface area contributed by atoms with Gasteiger partial charge in [-0.1, -0.05) is 0 Å². The number of nitrogens with one attached hydrogen (secondary N) is 2. The first-order valence-electron chi connectivity index (χ1n) is 7.14. The molecule has 1 fully saturated rings. The topological polar surface area (TPSA) is 97.0 Å². The van der Waals surface area contributed by atoms with E-state index in [0.717, 1.165) is 5.01 Å². The second-order valence-electron chi connectivity index (χ2n) is 7.07. The van der Waals surface area contributed by atoms with E-state index in [2.05, 4.69) is 10.7 Å². The van der Waals surface area contributed by atoms with E-state index < -0.39 is 35.2 Å². The van der Waals surface area contributed by atoms with E-state index in [0.29, 0.717) is 0 Å². The van der Waals surface area contributed by atoms with Crippen LogP contribution in [-0.4, -0.2) is 53.3 Å². The molecule has 0 aliphatic carbocycles. The summed E-state index contributed by atoms with van der Waals surface area (Å²) in [7, 11) is 0. The quantitative estimate of drug-likeness (QED) is 0.739. The predicted octanol–water partition coefficient (Wildman–Crippen LogP) is 0.568. The van der Waals surface area contributed by atoms with Gasteiger partial charge in [0.25, 0.3) is 5.91 Å². The van der Waals surface area contributed by atoms with E-state index in [4.69, 9.17) is 9.47 Å². The van der Waals surface area contributed by atoms with E-state index in [1.54, 1.807) is 41.5 Å². The number of rotatable bonds is 3. The fourth-order valence-corrected chi connectivity index (χ4v) is 1.75. The molecule has 1 rings (SSSR count). The fourth-order valence-electron chi connectivity index (χ4n) is 1.75. The maximum Gasteiger partial charge on any atom is 0.408 e. The molecule has 2 amide bonds. The third kappa shape index (κ3) is 6.30. The number of alkyl carbamates (subject to hydrolysis) is 1. The molecule has 0 bridgehead atoms. The Balaban J connectivity index is 2.49. The molecule has 1 aliphatic heterocycles. The predicted molar refractivity (Wildman–Crippen MR) is 78.7 cm³/mol. The summed E-state index contributed by atoms with van der Waals surface area (Å²) in [6.07, 6.45) is -0.674. The first kappa shape index (κ1) is 18.2. The molecule has 126 valence electrons. The Morgan fingerprint density at radius 2 is 1.73 bits per heavy atom. The normalized spacial score (nSPS) is 19.1. The Kier molecular flexibility index (Phi) is 5.39. The third-order valence-corrected chi connectivity index (χ3v) is 2.45. The highest BCUT2D eigenvalue weighted by molar-refractivity contribution is 5.89. The van der Waals surface area contributed by atoms with Gasteiger partial charge in [-0.25, -0.2) is 10.2 Å². The number of ether oxygens (including phenoxy) is 2. The first-order valence-corrected chi connectivity index (χ1v) is 7.14. The van der Waals surface area contributed by atoms with Crippen molar-refractivity contribution in [2.75, 3.05) is 13.1 Å². The zero-order chi connectivity index (χ0) is 17.1. The summed E-state index contributed by atoms with van der Waals surface area (Å²) >= 11 is 0. The number of hydrogen-bond donors (Lipinski definition) is 2. The van der Waals surface area contributed by atoms with Gasteiger partial charge in [0.1, 0.15) is 23.8 Å². The van der Waals surface area contributed by atoms with E-state index >= 15 is 0 Å². The largest absolute Gasteiger partial charge is 0.459 e. The smallest absolute Gasteiger partial charge is 0.408 e. The Morgan fingerprint density at radius 3 is 2.23 bits per heavy atom. The lowest BCUT2D eigenvalue weighted by molar-refractivity contribution is -0.159.